The largest absolute Gasteiger partial charge is 0.378 e. The van der Waals surface area contributed by atoms with Crippen LogP contribution in [0.3, 0.4) is 0 Å². The minimum Gasteiger partial charge on any atom is -0.378 e. The van der Waals surface area contributed by atoms with Crippen LogP contribution < -0.4 is 10.2 Å². The van der Waals surface area contributed by atoms with Gasteiger partial charge < -0.3 is 15.0 Å². The number of rotatable bonds is 5. The summed E-state index contributed by atoms with van der Waals surface area (Å²) in [4.78, 5) is 13.8. The maximum atomic E-state index is 5.41. The molecular weight excluding hydrogens is 394 g/mol. The van der Waals surface area contributed by atoms with Crippen molar-refractivity contribution in [1.82, 2.24) is 14.9 Å². The van der Waals surface area contributed by atoms with Crippen LogP contribution >= 0.6 is 15.9 Å². The predicted molar refractivity (Wildman–Crippen MR) is 107 cm³/mol. The molecule has 1 atom stereocenters. The molecule has 6 nitrogen and oxygen atoms in total. The van der Waals surface area contributed by atoms with Crippen molar-refractivity contribution in [3.8, 4) is 0 Å². The minimum atomic E-state index is 0.426. The van der Waals surface area contributed by atoms with E-state index in [-0.39, 0.29) is 0 Å². The van der Waals surface area contributed by atoms with Gasteiger partial charge in [0.25, 0.3) is 0 Å². The van der Waals surface area contributed by atoms with Crippen molar-refractivity contribution in [2.24, 2.45) is 0 Å². The second kappa shape index (κ2) is 8.33. The zero-order valence-electron chi connectivity index (χ0n) is 14.8. The smallest absolute Gasteiger partial charge is 0.227 e. The van der Waals surface area contributed by atoms with E-state index in [1.54, 1.807) is 0 Å². The highest BCUT2D eigenvalue weighted by Crippen LogP contribution is 2.20. The number of ether oxygens (including phenoxy) is 1. The molecule has 2 aromatic rings. The summed E-state index contributed by atoms with van der Waals surface area (Å²) in [5.74, 6) is 1.71. The fourth-order valence-corrected chi connectivity index (χ4v) is 3.99. The van der Waals surface area contributed by atoms with Gasteiger partial charge in [0.15, 0.2) is 0 Å². The highest BCUT2D eigenvalue weighted by Gasteiger charge is 2.23. The normalized spacial score (nSPS) is 21.1. The van der Waals surface area contributed by atoms with Gasteiger partial charge in [-0.1, -0.05) is 28.1 Å². The fraction of sp³-hybridized carbons (Fsp3) is 0.474. The molecule has 2 aliphatic rings. The third kappa shape index (κ3) is 4.52. The lowest BCUT2D eigenvalue weighted by molar-refractivity contribution is 0.122. The number of nitrogens with one attached hydrogen (secondary N) is 1. The number of hydrogen-bond acceptors (Lipinski definition) is 6. The van der Waals surface area contributed by atoms with Crippen LogP contribution in [-0.2, 0) is 11.3 Å². The van der Waals surface area contributed by atoms with Gasteiger partial charge in [-0.3, -0.25) is 4.90 Å². The average molecular weight is 418 g/mol. The van der Waals surface area contributed by atoms with E-state index in [2.05, 4.69) is 60.3 Å². The summed E-state index contributed by atoms with van der Waals surface area (Å²) in [6.07, 6.45) is 2.97. The first-order chi connectivity index (χ1) is 12.8. The molecule has 0 radical (unpaired) electrons. The van der Waals surface area contributed by atoms with Crippen molar-refractivity contribution in [2.75, 3.05) is 49.6 Å². The first kappa shape index (κ1) is 17.7. The van der Waals surface area contributed by atoms with Crippen molar-refractivity contribution >= 4 is 27.7 Å². The number of aromatic nitrogens is 2. The Morgan fingerprint density at radius 3 is 2.92 bits per heavy atom. The van der Waals surface area contributed by atoms with Crippen molar-refractivity contribution in [3.05, 3.63) is 46.6 Å². The second-order valence-corrected chi connectivity index (χ2v) is 7.75. The first-order valence-corrected chi connectivity index (χ1v) is 9.95. The molecule has 2 fully saturated rings. The Bertz CT molecular complexity index is 737. The Balaban J connectivity index is 1.33. The van der Waals surface area contributed by atoms with E-state index in [0.717, 1.165) is 68.6 Å². The SMILES string of the molecule is Brc1cccc(CN2CCC(Nc3ccnc(N4CCOCC4)n3)C2)c1. The molecule has 0 spiro atoms. The Kier molecular flexibility index (Phi) is 5.67. The van der Waals surface area contributed by atoms with Gasteiger partial charge in [-0.2, -0.15) is 4.98 Å². The topological polar surface area (TPSA) is 53.5 Å². The number of hydrogen-bond donors (Lipinski definition) is 1. The van der Waals surface area contributed by atoms with Crippen LogP contribution in [0.5, 0.6) is 0 Å². The third-order valence-corrected chi connectivity index (χ3v) is 5.35. The molecule has 0 amide bonds. The van der Waals surface area contributed by atoms with Crippen molar-refractivity contribution in [1.29, 1.82) is 0 Å². The molecule has 7 heteroatoms. The van der Waals surface area contributed by atoms with Crippen LogP contribution in [0.2, 0.25) is 0 Å². The van der Waals surface area contributed by atoms with E-state index in [1.807, 2.05) is 12.3 Å². The fourth-order valence-electron chi connectivity index (χ4n) is 3.54. The zero-order chi connectivity index (χ0) is 17.8. The van der Waals surface area contributed by atoms with Crippen molar-refractivity contribution < 1.29 is 4.74 Å². The van der Waals surface area contributed by atoms with E-state index in [1.165, 1.54) is 5.56 Å². The lowest BCUT2D eigenvalue weighted by Gasteiger charge is -2.27. The molecule has 1 N–H and O–H groups in total. The van der Waals surface area contributed by atoms with Gasteiger partial charge in [0.05, 0.1) is 13.2 Å². The van der Waals surface area contributed by atoms with Crippen LogP contribution in [0, 0.1) is 0 Å². The van der Waals surface area contributed by atoms with E-state index in [4.69, 9.17) is 9.72 Å². The molecule has 1 aromatic heterocycles. The van der Waals surface area contributed by atoms with Crippen LogP contribution in [0.15, 0.2) is 41.0 Å². The molecule has 2 saturated heterocycles. The summed E-state index contributed by atoms with van der Waals surface area (Å²) in [6, 6.07) is 10.9. The molecule has 2 aliphatic heterocycles. The summed E-state index contributed by atoms with van der Waals surface area (Å²) in [5.41, 5.74) is 1.34. The lowest BCUT2D eigenvalue weighted by Crippen LogP contribution is -2.37. The van der Waals surface area contributed by atoms with Gasteiger partial charge in [0, 0.05) is 49.4 Å². The molecule has 1 unspecified atom stereocenters. The molecule has 138 valence electrons. The predicted octanol–water partition coefficient (Wildman–Crippen LogP) is 2.76. The second-order valence-electron chi connectivity index (χ2n) is 6.84. The number of morpholine rings is 1. The Labute approximate surface area is 162 Å². The van der Waals surface area contributed by atoms with Gasteiger partial charge in [-0.05, 0) is 30.2 Å². The highest BCUT2D eigenvalue weighted by molar-refractivity contribution is 9.10. The van der Waals surface area contributed by atoms with E-state index in [0.29, 0.717) is 6.04 Å². The van der Waals surface area contributed by atoms with Gasteiger partial charge in [-0.25, -0.2) is 4.98 Å². The maximum Gasteiger partial charge on any atom is 0.227 e. The number of benzene rings is 1. The van der Waals surface area contributed by atoms with Gasteiger partial charge in [0.2, 0.25) is 5.95 Å². The molecular formula is C19H24BrN5O. The molecule has 3 heterocycles. The van der Waals surface area contributed by atoms with Crippen LogP contribution in [0.25, 0.3) is 0 Å². The molecule has 0 bridgehead atoms. The Morgan fingerprint density at radius 1 is 1.19 bits per heavy atom. The third-order valence-electron chi connectivity index (χ3n) is 4.86. The number of anilines is 2. The standard InChI is InChI=1S/C19H24BrN5O/c20-16-3-1-2-15(12-16)13-24-7-5-17(14-24)22-18-4-6-21-19(23-18)25-8-10-26-11-9-25/h1-4,6,12,17H,5,7-11,13-14H2,(H,21,22,23). The average Bonchev–Trinajstić information content (AvgIpc) is 3.09. The van der Waals surface area contributed by atoms with E-state index in [9.17, 15) is 0 Å². The minimum absolute atomic E-state index is 0.426. The number of nitrogens with zero attached hydrogens (tertiary/aromatic N) is 4. The summed E-state index contributed by atoms with van der Waals surface area (Å²) in [5, 5.41) is 3.59. The Hall–Kier alpha value is -1.70. The van der Waals surface area contributed by atoms with Crippen molar-refractivity contribution in [2.45, 2.75) is 19.0 Å². The van der Waals surface area contributed by atoms with Crippen LogP contribution in [0.1, 0.15) is 12.0 Å². The van der Waals surface area contributed by atoms with Crippen LogP contribution in [-0.4, -0.2) is 60.3 Å². The lowest BCUT2D eigenvalue weighted by atomic mass is 10.2. The Morgan fingerprint density at radius 2 is 2.08 bits per heavy atom. The summed E-state index contributed by atoms with van der Waals surface area (Å²) < 4.78 is 6.55. The monoisotopic (exact) mass is 417 g/mol. The summed E-state index contributed by atoms with van der Waals surface area (Å²) in [6.45, 7) is 6.32. The number of halogens is 1. The summed E-state index contributed by atoms with van der Waals surface area (Å²) >= 11 is 3.55. The molecule has 0 aliphatic carbocycles. The molecule has 4 rings (SSSR count). The van der Waals surface area contributed by atoms with Gasteiger partial charge in [-0.15, -0.1) is 0 Å². The number of likely N-dealkylation sites (tertiary alicyclic amines) is 1. The molecule has 0 saturated carbocycles. The van der Waals surface area contributed by atoms with E-state index >= 15 is 0 Å². The molecule has 1 aromatic carbocycles. The summed E-state index contributed by atoms with van der Waals surface area (Å²) in [7, 11) is 0. The molecule has 26 heavy (non-hydrogen) atoms. The maximum absolute atomic E-state index is 5.41. The quantitative estimate of drug-likeness (QED) is 0.806. The highest BCUT2D eigenvalue weighted by atomic mass is 79.9. The van der Waals surface area contributed by atoms with Crippen LogP contribution in [0.4, 0.5) is 11.8 Å². The van der Waals surface area contributed by atoms with E-state index < -0.39 is 0 Å². The van der Waals surface area contributed by atoms with Gasteiger partial charge in [0.1, 0.15) is 5.82 Å². The van der Waals surface area contributed by atoms with Gasteiger partial charge >= 0.3 is 0 Å². The first-order valence-electron chi connectivity index (χ1n) is 9.15. The van der Waals surface area contributed by atoms with Crippen molar-refractivity contribution in [3.63, 3.8) is 0 Å². The zero-order valence-corrected chi connectivity index (χ0v) is 16.4.